The second kappa shape index (κ2) is 5.73. The number of allylic oxidation sites excluding steroid dienone is 2. The van der Waals surface area contributed by atoms with Crippen LogP contribution in [0.2, 0.25) is 0 Å². The zero-order valence-electron chi connectivity index (χ0n) is 11.3. The number of hydrogen-bond donors (Lipinski definition) is 0. The highest BCUT2D eigenvalue weighted by Gasteiger charge is 2.22. The van der Waals surface area contributed by atoms with Gasteiger partial charge >= 0.3 is 0 Å². The Bertz CT molecular complexity index is 395. The molecule has 1 saturated carbocycles. The molecule has 18 heavy (non-hydrogen) atoms. The van der Waals surface area contributed by atoms with Crippen molar-refractivity contribution < 1.29 is 0 Å². The molecular weight excluding hydrogens is 216 g/mol. The Morgan fingerprint density at radius 2 is 1.56 bits per heavy atom. The standard InChI is InChI=1S/C18H24/c1-3-7-15(8-4-1)17-11-13-18(14-12-17)16-9-5-2-6-10-16/h1,3-4,7-8,13,16-17H,2,5-6,9-12,14H2. The zero-order valence-corrected chi connectivity index (χ0v) is 11.3. The van der Waals surface area contributed by atoms with Gasteiger partial charge in [0.25, 0.3) is 0 Å². The van der Waals surface area contributed by atoms with Crippen molar-refractivity contribution in [3.05, 3.63) is 47.5 Å². The van der Waals surface area contributed by atoms with Crippen LogP contribution < -0.4 is 0 Å². The first kappa shape index (κ1) is 12.0. The molecule has 1 atom stereocenters. The van der Waals surface area contributed by atoms with E-state index in [9.17, 15) is 0 Å². The normalized spacial score (nSPS) is 25.8. The first-order chi connectivity index (χ1) is 8.93. The Labute approximate surface area is 111 Å². The van der Waals surface area contributed by atoms with E-state index in [2.05, 4.69) is 36.4 Å². The second-order valence-corrected chi connectivity index (χ2v) is 6.00. The summed E-state index contributed by atoms with van der Waals surface area (Å²) in [5.74, 6) is 1.72. The molecule has 0 bridgehead atoms. The van der Waals surface area contributed by atoms with Crippen LogP contribution in [-0.2, 0) is 0 Å². The maximum Gasteiger partial charge on any atom is -0.0124 e. The number of hydrogen-bond acceptors (Lipinski definition) is 0. The third-order valence-corrected chi connectivity index (χ3v) is 4.85. The average molecular weight is 240 g/mol. The van der Waals surface area contributed by atoms with Gasteiger partial charge in [0.05, 0.1) is 0 Å². The Morgan fingerprint density at radius 3 is 2.22 bits per heavy atom. The van der Waals surface area contributed by atoms with Crippen molar-refractivity contribution in [3.8, 4) is 0 Å². The van der Waals surface area contributed by atoms with Crippen molar-refractivity contribution in [3.63, 3.8) is 0 Å². The molecular formula is C18H24. The van der Waals surface area contributed by atoms with Gasteiger partial charge in [-0.05, 0) is 49.5 Å². The van der Waals surface area contributed by atoms with Crippen molar-refractivity contribution in [2.75, 3.05) is 0 Å². The van der Waals surface area contributed by atoms with Gasteiger partial charge in [0.15, 0.2) is 0 Å². The van der Waals surface area contributed by atoms with Crippen LogP contribution >= 0.6 is 0 Å². The molecule has 96 valence electrons. The largest absolute Gasteiger partial charge is 0.0844 e. The average Bonchev–Trinajstić information content (AvgIpc) is 2.49. The van der Waals surface area contributed by atoms with Crippen LogP contribution in [0.4, 0.5) is 0 Å². The molecule has 0 aromatic heterocycles. The summed E-state index contributed by atoms with van der Waals surface area (Å²) in [4.78, 5) is 0. The molecule has 0 heteroatoms. The quantitative estimate of drug-likeness (QED) is 0.602. The van der Waals surface area contributed by atoms with Gasteiger partial charge in [0.1, 0.15) is 0 Å². The predicted molar refractivity (Wildman–Crippen MR) is 77.7 cm³/mol. The monoisotopic (exact) mass is 240 g/mol. The summed E-state index contributed by atoms with van der Waals surface area (Å²) in [6.07, 6.45) is 13.9. The lowest BCUT2D eigenvalue weighted by Gasteiger charge is -2.29. The molecule has 0 amide bonds. The Morgan fingerprint density at radius 1 is 0.778 bits per heavy atom. The van der Waals surface area contributed by atoms with Crippen LogP contribution in [0.25, 0.3) is 0 Å². The third-order valence-electron chi connectivity index (χ3n) is 4.85. The summed E-state index contributed by atoms with van der Waals surface area (Å²) in [6, 6.07) is 11.1. The second-order valence-electron chi connectivity index (χ2n) is 6.00. The summed E-state index contributed by atoms with van der Waals surface area (Å²) >= 11 is 0. The summed E-state index contributed by atoms with van der Waals surface area (Å²) < 4.78 is 0. The minimum absolute atomic E-state index is 0.776. The van der Waals surface area contributed by atoms with E-state index in [0.717, 1.165) is 11.8 Å². The van der Waals surface area contributed by atoms with E-state index in [1.54, 1.807) is 5.57 Å². The van der Waals surface area contributed by atoms with Gasteiger partial charge in [-0.3, -0.25) is 0 Å². The molecule has 1 aromatic rings. The Balaban J connectivity index is 1.64. The molecule has 0 nitrogen and oxygen atoms in total. The highest BCUT2D eigenvalue weighted by molar-refractivity contribution is 5.24. The molecule has 0 aliphatic heterocycles. The topological polar surface area (TPSA) is 0 Å². The lowest BCUT2D eigenvalue weighted by Crippen LogP contribution is -2.13. The highest BCUT2D eigenvalue weighted by Crippen LogP contribution is 2.39. The van der Waals surface area contributed by atoms with Crippen LogP contribution in [-0.4, -0.2) is 0 Å². The van der Waals surface area contributed by atoms with Gasteiger partial charge in [0, 0.05) is 0 Å². The molecule has 0 spiro atoms. The van der Waals surface area contributed by atoms with Gasteiger partial charge in [-0.1, -0.05) is 61.2 Å². The van der Waals surface area contributed by atoms with Crippen LogP contribution in [0.15, 0.2) is 42.0 Å². The Kier molecular flexibility index (Phi) is 3.83. The minimum atomic E-state index is 0.776. The van der Waals surface area contributed by atoms with E-state index in [1.807, 2.05) is 0 Å². The molecule has 1 fully saturated rings. The van der Waals surface area contributed by atoms with Crippen LogP contribution in [0.3, 0.4) is 0 Å². The van der Waals surface area contributed by atoms with Gasteiger partial charge in [-0.15, -0.1) is 0 Å². The van der Waals surface area contributed by atoms with Crippen molar-refractivity contribution in [2.45, 2.75) is 57.3 Å². The maximum atomic E-state index is 2.58. The van der Waals surface area contributed by atoms with Gasteiger partial charge in [0.2, 0.25) is 0 Å². The molecule has 0 saturated heterocycles. The van der Waals surface area contributed by atoms with E-state index < -0.39 is 0 Å². The molecule has 0 radical (unpaired) electrons. The summed E-state index contributed by atoms with van der Waals surface area (Å²) in [5, 5.41) is 0. The maximum absolute atomic E-state index is 2.58. The fourth-order valence-corrected chi connectivity index (χ4v) is 3.73. The first-order valence-corrected chi connectivity index (χ1v) is 7.67. The lowest BCUT2D eigenvalue weighted by molar-refractivity contribution is 0.383. The van der Waals surface area contributed by atoms with Gasteiger partial charge < -0.3 is 0 Å². The molecule has 2 aliphatic carbocycles. The molecule has 2 aliphatic rings. The smallest absolute Gasteiger partial charge is 0.0124 e. The first-order valence-electron chi connectivity index (χ1n) is 7.67. The summed E-state index contributed by atoms with van der Waals surface area (Å²) in [7, 11) is 0. The van der Waals surface area contributed by atoms with Crippen molar-refractivity contribution in [1.82, 2.24) is 0 Å². The van der Waals surface area contributed by atoms with Gasteiger partial charge in [-0.25, -0.2) is 0 Å². The van der Waals surface area contributed by atoms with E-state index in [0.29, 0.717) is 0 Å². The number of benzene rings is 1. The molecule has 3 rings (SSSR count). The molecule has 1 aromatic carbocycles. The molecule has 0 N–H and O–H groups in total. The number of rotatable bonds is 2. The Hall–Kier alpha value is -1.04. The highest BCUT2D eigenvalue weighted by atomic mass is 14.3. The van der Waals surface area contributed by atoms with Crippen molar-refractivity contribution >= 4 is 0 Å². The zero-order chi connectivity index (χ0) is 12.2. The fraction of sp³-hybridized carbons (Fsp3) is 0.556. The van der Waals surface area contributed by atoms with E-state index in [-0.39, 0.29) is 0 Å². The fourth-order valence-electron chi connectivity index (χ4n) is 3.73. The van der Waals surface area contributed by atoms with Crippen LogP contribution in [0.1, 0.15) is 62.8 Å². The minimum Gasteiger partial charge on any atom is -0.0844 e. The van der Waals surface area contributed by atoms with E-state index >= 15 is 0 Å². The molecule has 0 heterocycles. The third kappa shape index (κ3) is 2.68. The summed E-state index contributed by atoms with van der Waals surface area (Å²) in [6.45, 7) is 0. The van der Waals surface area contributed by atoms with Crippen molar-refractivity contribution in [1.29, 1.82) is 0 Å². The van der Waals surface area contributed by atoms with Gasteiger partial charge in [-0.2, -0.15) is 0 Å². The van der Waals surface area contributed by atoms with E-state index in [4.69, 9.17) is 0 Å². The lowest BCUT2D eigenvalue weighted by atomic mass is 9.76. The predicted octanol–water partition coefficient (Wildman–Crippen LogP) is 5.46. The van der Waals surface area contributed by atoms with Crippen LogP contribution in [0.5, 0.6) is 0 Å². The van der Waals surface area contributed by atoms with Crippen LogP contribution in [0, 0.1) is 5.92 Å². The van der Waals surface area contributed by atoms with E-state index in [1.165, 1.54) is 56.9 Å². The SMILES string of the molecule is C1=C(C2CCCCC2)CCC(c2ccccc2)C1. The molecule has 1 unspecified atom stereocenters. The summed E-state index contributed by atoms with van der Waals surface area (Å²) in [5.41, 5.74) is 3.33. The van der Waals surface area contributed by atoms with Crippen molar-refractivity contribution in [2.24, 2.45) is 5.92 Å².